The van der Waals surface area contributed by atoms with E-state index in [2.05, 4.69) is 29.3 Å². The summed E-state index contributed by atoms with van der Waals surface area (Å²) in [6.07, 6.45) is 2.16. The number of carboxylic acid groups (broad SMARTS) is 1. The summed E-state index contributed by atoms with van der Waals surface area (Å²) in [6, 6.07) is -0.560. The Morgan fingerprint density at radius 3 is 2.78 bits per heavy atom. The quantitative estimate of drug-likeness (QED) is 0.733. The number of hydrogen-bond acceptors (Lipinski definition) is 5. The molecule has 0 saturated carbocycles. The fourth-order valence-electron chi connectivity index (χ4n) is 1.62. The van der Waals surface area contributed by atoms with Crippen LogP contribution in [0.15, 0.2) is 4.52 Å². The Balaban J connectivity index is 2.46. The van der Waals surface area contributed by atoms with E-state index in [1.165, 1.54) is 0 Å². The maximum absolute atomic E-state index is 10.9. The van der Waals surface area contributed by atoms with Crippen molar-refractivity contribution in [1.82, 2.24) is 15.5 Å². The van der Waals surface area contributed by atoms with Gasteiger partial charge >= 0.3 is 5.97 Å². The van der Waals surface area contributed by atoms with Crippen molar-refractivity contribution in [3.63, 3.8) is 0 Å². The molecule has 0 amide bonds. The molecule has 0 bridgehead atoms. The lowest BCUT2D eigenvalue weighted by Gasteiger charge is -2.11. The van der Waals surface area contributed by atoms with Crippen LogP contribution in [0.25, 0.3) is 0 Å². The predicted octanol–water partition coefficient (Wildman–Crippen LogP) is 1.61. The van der Waals surface area contributed by atoms with Gasteiger partial charge in [0.05, 0.1) is 6.54 Å². The zero-order valence-electron chi connectivity index (χ0n) is 11.1. The van der Waals surface area contributed by atoms with Crippen LogP contribution in [0, 0.1) is 5.92 Å². The van der Waals surface area contributed by atoms with Gasteiger partial charge in [-0.2, -0.15) is 4.98 Å². The Morgan fingerprint density at radius 2 is 2.22 bits per heavy atom. The fraction of sp³-hybridized carbons (Fsp3) is 0.750. The first-order valence-electron chi connectivity index (χ1n) is 6.30. The van der Waals surface area contributed by atoms with Crippen LogP contribution in [0.1, 0.15) is 45.3 Å². The Kier molecular flexibility index (Phi) is 5.77. The number of rotatable bonds is 8. The molecular formula is C12H21N3O3. The first-order chi connectivity index (χ1) is 8.52. The summed E-state index contributed by atoms with van der Waals surface area (Å²) >= 11 is 0. The van der Waals surface area contributed by atoms with Crippen LogP contribution in [0.2, 0.25) is 0 Å². The standard InChI is InChI=1S/C12H21N3O3/c1-4-5-9(12(16)17)13-7-11-14-10(15-18-11)6-8(2)3/h8-9,13H,4-7H2,1-3H3,(H,16,17). The van der Waals surface area contributed by atoms with E-state index in [9.17, 15) is 4.79 Å². The second-order valence-electron chi connectivity index (χ2n) is 4.76. The number of nitrogens with one attached hydrogen (secondary N) is 1. The molecule has 1 rings (SSSR count). The lowest BCUT2D eigenvalue weighted by atomic mass is 10.1. The Bertz CT molecular complexity index is 376. The van der Waals surface area contributed by atoms with Crippen LogP contribution in [0.5, 0.6) is 0 Å². The fourth-order valence-corrected chi connectivity index (χ4v) is 1.62. The number of hydrogen-bond donors (Lipinski definition) is 2. The van der Waals surface area contributed by atoms with Gasteiger partial charge in [-0.15, -0.1) is 0 Å². The molecule has 1 heterocycles. The van der Waals surface area contributed by atoms with E-state index in [0.717, 1.165) is 12.8 Å². The van der Waals surface area contributed by atoms with Crippen LogP contribution >= 0.6 is 0 Å². The average Bonchev–Trinajstić information content (AvgIpc) is 2.70. The molecule has 0 aliphatic rings. The van der Waals surface area contributed by atoms with Gasteiger partial charge in [0.1, 0.15) is 6.04 Å². The predicted molar refractivity (Wildman–Crippen MR) is 66.0 cm³/mol. The van der Waals surface area contributed by atoms with E-state index >= 15 is 0 Å². The summed E-state index contributed by atoms with van der Waals surface area (Å²) in [4.78, 5) is 15.1. The smallest absolute Gasteiger partial charge is 0.320 e. The molecule has 1 unspecified atom stereocenters. The third kappa shape index (κ3) is 4.83. The summed E-state index contributed by atoms with van der Waals surface area (Å²) in [5.41, 5.74) is 0. The molecule has 1 atom stereocenters. The molecule has 6 heteroatoms. The van der Waals surface area contributed by atoms with Crippen molar-refractivity contribution >= 4 is 5.97 Å². The lowest BCUT2D eigenvalue weighted by Crippen LogP contribution is -2.36. The van der Waals surface area contributed by atoms with Gasteiger partial charge in [-0.05, 0) is 12.3 Å². The summed E-state index contributed by atoms with van der Waals surface area (Å²) in [6.45, 7) is 6.40. The van der Waals surface area contributed by atoms with Crippen molar-refractivity contribution in [2.75, 3.05) is 0 Å². The minimum atomic E-state index is -0.848. The summed E-state index contributed by atoms with van der Waals surface area (Å²) in [5.74, 6) is 0.728. The second kappa shape index (κ2) is 7.10. The number of aromatic nitrogens is 2. The minimum absolute atomic E-state index is 0.294. The van der Waals surface area contributed by atoms with Gasteiger partial charge < -0.3 is 9.63 Å². The molecule has 2 N–H and O–H groups in total. The first-order valence-corrected chi connectivity index (χ1v) is 6.30. The van der Waals surface area contributed by atoms with E-state index in [0.29, 0.717) is 30.6 Å². The van der Waals surface area contributed by atoms with Crippen LogP contribution in [-0.2, 0) is 17.8 Å². The van der Waals surface area contributed by atoms with Crippen molar-refractivity contribution in [3.05, 3.63) is 11.7 Å². The van der Waals surface area contributed by atoms with Gasteiger partial charge in [-0.3, -0.25) is 10.1 Å². The van der Waals surface area contributed by atoms with Gasteiger partial charge in [0.25, 0.3) is 0 Å². The first kappa shape index (κ1) is 14.6. The van der Waals surface area contributed by atoms with Crippen molar-refractivity contribution in [2.45, 2.75) is 52.6 Å². The molecule has 0 aliphatic carbocycles. The Morgan fingerprint density at radius 1 is 1.50 bits per heavy atom. The second-order valence-corrected chi connectivity index (χ2v) is 4.76. The monoisotopic (exact) mass is 255 g/mol. The van der Waals surface area contributed by atoms with Gasteiger partial charge in [0, 0.05) is 6.42 Å². The highest BCUT2D eigenvalue weighted by Gasteiger charge is 2.17. The molecule has 0 fully saturated rings. The zero-order chi connectivity index (χ0) is 13.5. The lowest BCUT2D eigenvalue weighted by molar-refractivity contribution is -0.139. The molecule has 1 aromatic rings. The molecule has 1 aromatic heterocycles. The topological polar surface area (TPSA) is 88.3 Å². The summed E-state index contributed by atoms with van der Waals surface area (Å²) < 4.78 is 5.06. The van der Waals surface area contributed by atoms with E-state index in [-0.39, 0.29) is 0 Å². The molecular weight excluding hydrogens is 234 g/mol. The molecule has 0 radical (unpaired) electrons. The Labute approximate surface area is 107 Å². The number of aliphatic carboxylic acids is 1. The van der Waals surface area contributed by atoms with Crippen molar-refractivity contribution in [2.24, 2.45) is 5.92 Å². The number of carboxylic acids is 1. The molecule has 18 heavy (non-hydrogen) atoms. The number of nitrogens with zero attached hydrogens (tertiary/aromatic N) is 2. The summed E-state index contributed by atoms with van der Waals surface area (Å²) in [7, 11) is 0. The third-order valence-electron chi connectivity index (χ3n) is 2.48. The van der Waals surface area contributed by atoms with Crippen LogP contribution in [-0.4, -0.2) is 27.3 Å². The third-order valence-corrected chi connectivity index (χ3v) is 2.48. The van der Waals surface area contributed by atoms with Gasteiger partial charge in [-0.1, -0.05) is 32.3 Å². The highest BCUT2D eigenvalue weighted by Crippen LogP contribution is 2.05. The van der Waals surface area contributed by atoms with Gasteiger partial charge in [-0.25, -0.2) is 0 Å². The van der Waals surface area contributed by atoms with Crippen LogP contribution in [0.3, 0.4) is 0 Å². The maximum Gasteiger partial charge on any atom is 0.320 e. The van der Waals surface area contributed by atoms with Crippen molar-refractivity contribution in [3.8, 4) is 0 Å². The minimum Gasteiger partial charge on any atom is -0.480 e. The van der Waals surface area contributed by atoms with Gasteiger partial charge in [0.15, 0.2) is 5.82 Å². The van der Waals surface area contributed by atoms with E-state index in [1.807, 2.05) is 6.92 Å². The van der Waals surface area contributed by atoms with Gasteiger partial charge in [0.2, 0.25) is 5.89 Å². The van der Waals surface area contributed by atoms with E-state index in [4.69, 9.17) is 9.63 Å². The normalized spacial score (nSPS) is 12.9. The largest absolute Gasteiger partial charge is 0.480 e. The molecule has 0 aliphatic heterocycles. The zero-order valence-corrected chi connectivity index (χ0v) is 11.1. The molecule has 6 nitrogen and oxygen atoms in total. The highest BCUT2D eigenvalue weighted by atomic mass is 16.5. The molecule has 0 aromatic carbocycles. The van der Waals surface area contributed by atoms with Crippen LogP contribution in [0.4, 0.5) is 0 Å². The van der Waals surface area contributed by atoms with Crippen LogP contribution < -0.4 is 5.32 Å². The average molecular weight is 255 g/mol. The molecule has 102 valence electrons. The summed E-state index contributed by atoms with van der Waals surface area (Å²) in [5, 5.41) is 15.7. The van der Waals surface area contributed by atoms with E-state index < -0.39 is 12.0 Å². The Hall–Kier alpha value is -1.43. The molecule has 0 saturated heterocycles. The SMILES string of the molecule is CCCC(NCc1nc(CC(C)C)no1)C(=O)O. The highest BCUT2D eigenvalue weighted by molar-refractivity contribution is 5.73. The molecule has 0 spiro atoms. The van der Waals surface area contributed by atoms with E-state index in [1.54, 1.807) is 0 Å². The van der Waals surface area contributed by atoms with Crippen molar-refractivity contribution < 1.29 is 14.4 Å². The maximum atomic E-state index is 10.9. The van der Waals surface area contributed by atoms with Crippen molar-refractivity contribution in [1.29, 1.82) is 0 Å². The number of carbonyl (C=O) groups is 1.